The molecule has 0 radical (unpaired) electrons. The van der Waals surface area contributed by atoms with Crippen molar-refractivity contribution in [3.8, 4) is 0 Å². The van der Waals surface area contributed by atoms with Crippen molar-refractivity contribution in [1.82, 2.24) is 9.55 Å². The first-order valence-electron chi connectivity index (χ1n) is 7.66. The van der Waals surface area contributed by atoms with E-state index in [2.05, 4.69) is 10.3 Å². The molecule has 1 aromatic heterocycles. The van der Waals surface area contributed by atoms with Crippen LogP contribution >= 0.6 is 23.2 Å². The van der Waals surface area contributed by atoms with Crippen molar-refractivity contribution in [2.45, 2.75) is 19.9 Å². The number of hydrogen-bond donors (Lipinski definition) is 1. The lowest BCUT2D eigenvalue weighted by atomic mass is 10.1. The average molecular weight is 376 g/mol. The fourth-order valence-corrected chi connectivity index (χ4v) is 2.88. The molecule has 3 rings (SSSR count). The second kappa shape index (κ2) is 7.25. The summed E-state index contributed by atoms with van der Waals surface area (Å²) in [5.41, 5.74) is 1.90. The number of carbonyl (C=O) groups is 1. The molecule has 25 heavy (non-hydrogen) atoms. The Morgan fingerprint density at radius 2 is 1.96 bits per heavy atom. The smallest absolute Gasteiger partial charge is 0.261 e. The summed E-state index contributed by atoms with van der Waals surface area (Å²) in [7, 11) is 0. The van der Waals surface area contributed by atoms with Crippen LogP contribution in [0.4, 0.5) is 5.69 Å². The van der Waals surface area contributed by atoms with Crippen LogP contribution in [-0.2, 0) is 11.3 Å². The topological polar surface area (TPSA) is 64.0 Å². The molecule has 128 valence electrons. The van der Waals surface area contributed by atoms with Crippen LogP contribution in [0.5, 0.6) is 0 Å². The van der Waals surface area contributed by atoms with Crippen LogP contribution in [0.25, 0.3) is 10.9 Å². The van der Waals surface area contributed by atoms with E-state index >= 15 is 0 Å². The summed E-state index contributed by atoms with van der Waals surface area (Å²) in [5, 5.41) is 3.89. The van der Waals surface area contributed by atoms with Gasteiger partial charge in [-0.25, -0.2) is 4.98 Å². The molecular formula is C18H15Cl2N3O2. The molecule has 0 bridgehead atoms. The third-order valence-corrected chi connectivity index (χ3v) is 4.68. The molecule has 0 spiro atoms. The van der Waals surface area contributed by atoms with Crippen molar-refractivity contribution in [2.24, 2.45) is 0 Å². The van der Waals surface area contributed by atoms with Crippen molar-refractivity contribution in [2.75, 3.05) is 5.32 Å². The number of fused-ring (bicyclic) bond motifs is 1. The first-order chi connectivity index (χ1) is 12.0. The van der Waals surface area contributed by atoms with Crippen LogP contribution < -0.4 is 10.9 Å². The van der Waals surface area contributed by atoms with Gasteiger partial charge in [-0.05, 0) is 30.7 Å². The number of anilines is 1. The highest BCUT2D eigenvalue weighted by Gasteiger charge is 2.10. The molecule has 0 saturated carbocycles. The first-order valence-corrected chi connectivity index (χ1v) is 8.41. The summed E-state index contributed by atoms with van der Waals surface area (Å²) in [6.07, 6.45) is 1.58. The van der Waals surface area contributed by atoms with Crippen molar-refractivity contribution >= 4 is 45.7 Å². The highest BCUT2D eigenvalue weighted by Crippen LogP contribution is 2.29. The van der Waals surface area contributed by atoms with Crippen LogP contribution in [-0.4, -0.2) is 15.5 Å². The summed E-state index contributed by atoms with van der Waals surface area (Å²) in [6, 6.07) is 10.5. The second-order valence-corrected chi connectivity index (χ2v) is 6.40. The Morgan fingerprint density at radius 1 is 1.20 bits per heavy atom. The third kappa shape index (κ3) is 3.67. The summed E-state index contributed by atoms with van der Waals surface area (Å²) < 4.78 is 1.43. The highest BCUT2D eigenvalue weighted by molar-refractivity contribution is 6.43. The molecular weight excluding hydrogens is 361 g/mol. The van der Waals surface area contributed by atoms with Crippen molar-refractivity contribution in [1.29, 1.82) is 0 Å². The van der Waals surface area contributed by atoms with Crippen molar-refractivity contribution in [3.63, 3.8) is 0 Å². The molecule has 3 aromatic rings. The molecule has 0 aliphatic heterocycles. The van der Waals surface area contributed by atoms with Crippen LogP contribution in [0.3, 0.4) is 0 Å². The lowest BCUT2D eigenvalue weighted by molar-refractivity contribution is -0.116. The van der Waals surface area contributed by atoms with Gasteiger partial charge in [-0.3, -0.25) is 14.2 Å². The minimum absolute atomic E-state index is 0.113. The van der Waals surface area contributed by atoms with Crippen molar-refractivity contribution in [3.05, 3.63) is 68.7 Å². The number of hydrogen-bond acceptors (Lipinski definition) is 3. The first kappa shape index (κ1) is 17.5. The molecule has 1 N–H and O–H groups in total. The maximum atomic E-state index is 12.5. The Morgan fingerprint density at radius 3 is 2.76 bits per heavy atom. The molecule has 2 aromatic carbocycles. The third-order valence-electron chi connectivity index (χ3n) is 3.86. The van der Waals surface area contributed by atoms with E-state index in [0.29, 0.717) is 21.6 Å². The van der Waals surface area contributed by atoms with Gasteiger partial charge in [0.1, 0.15) is 0 Å². The van der Waals surface area contributed by atoms with E-state index in [1.807, 2.05) is 19.1 Å². The summed E-state index contributed by atoms with van der Waals surface area (Å²) in [5.74, 6) is -0.264. The van der Waals surface area contributed by atoms with Gasteiger partial charge in [0, 0.05) is 13.0 Å². The van der Waals surface area contributed by atoms with Gasteiger partial charge in [0.15, 0.2) is 0 Å². The fourth-order valence-electron chi connectivity index (χ4n) is 2.53. The van der Waals surface area contributed by atoms with Gasteiger partial charge < -0.3 is 5.32 Å². The van der Waals surface area contributed by atoms with Gasteiger partial charge >= 0.3 is 0 Å². The van der Waals surface area contributed by atoms with E-state index in [1.54, 1.807) is 24.3 Å². The molecule has 0 fully saturated rings. The Hall–Kier alpha value is -2.37. The average Bonchev–Trinajstić information content (AvgIpc) is 2.59. The maximum Gasteiger partial charge on any atom is 0.261 e. The van der Waals surface area contributed by atoms with Gasteiger partial charge in [-0.2, -0.15) is 0 Å². The van der Waals surface area contributed by atoms with Crippen molar-refractivity contribution < 1.29 is 4.79 Å². The van der Waals surface area contributed by atoms with Crippen LogP contribution in [0, 0.1) is 6.92 Å². The molecule has 0 saturated heterocycles. The summed E-state index contributed by atoms with van der Waals surface area (Å²) >= 11 is 12.0. The normalized spacial score (nSPS) is 10.8. The lowest BCUT2D eigenvalue weighted by Crippen LogP contribution is -2.24. The maximum absolute atomic E-state index is 12.5. The Labute approximate surface area is 154 Å². The molecule has 0 aliphatic rings. The van der Waals surface area contributed by atoms with Gasteiger partial charge in [-0.1, -0.05) is 41.4 Å². The van der Waals surface area contributed by atoms with E-state index in [4.69, 9.17) is 23.2 Å². The number of rotatable bonds is 4. The minimum atomic E-state index is -0.264. The minimum Gasteiger partial charge on any atom is -0.325 e. The number of nitrogens with one attached hydrogen (secondary N) is 1. The second-order valence-electron chi connectivity index (χ2n) is 5.61. The molecule has 1 amide bonds. The van der Waals surface area contributed by atoms with E-state index in [9.17, 15) is 9.59 Å². The highest BCUT2D eigenvalue weighted by atomic mass is 35.5. The number of nitrogens with zero attached hydrogens (tertiary/aromatic N) is 2. The van der Waals surface area contributed by atoms with Gasteiger partial charge in [-0.15, -0.1) is 0 Å². The Bertz CT molecular complexity index is 1010. The molecule has 0 aliphatic carbocycles. The van der Waals surface area contributed by atoms with Gasteiger partial charge in [0.2, 0.25) is 5.91 Å². The summed E-state index contributed by atoms with van der Waals surface area (Å²) in [6.45, 7) is 2.13. The lowest BCUT2D eigenvalue weighted by Gasteiger charge is -2.10. The van der Waals surface area contributed by atoms with E-state index in [1.165, 1.54) is 10.9 Å². The number of aromatic nitrogens is 2. The molecule has 0 atom stereocenters. The number of halogens is 2. The largest absolute Gasteiger partial charge is 0.325 e. The Kier molecular flexibility index (Phi) is 5.06. The molecule has 7 heteroatoms. The zero-order chi connectivity index (χ0) is 18.0. The fraction of sp³-hybridized carbons (Fsp3) is 0.167. The predicted octanol–water partition coefficient (Wildman–Crippen LogP) is 4.04. The van der Waals surface area contributed by atoms with E-state index < -0.39 is 0 Å². The van der Waals surface area contributed by atoms with E-state index in [0.717, 1.165) is 5.56 Å². The number of aryl methyl sites for hydroxylation is 2. The quantitative estimate of drug-likeness (QED) is 0.748. The molecule has 0 unspecified atom stereocenters. The number of amides is 1. The van der Waals surface area contributed by atoms with Crippen LogP contribution in [0.1, 0.15) is 12.0 Å². The van der Waals surface area contributed by atoms with Crippen LogP contribution in [0.2, 0.25) is 10.0 Å². The predicted molar refractivity (Wildman–Crippen MR) is 100 cm³/mol. The number of carbonyl (C=O) groups excluding carboxylic acids is 1. The molecule has 1 heterocycles. The monoisotopic (exact) mass is 375 g/mol. The number of benzene rings is 2. The number of para-hydroxylation sites is 1. The van der Waals surface area contributed by atoms with E-state index in [-0.39, 0.29) is 29.5 Å². The zero-order valence-corrected chi connectivity index (χ0v) is 14.9. The SMILES string of the molecule is Cc1cccc2c(=O)n(CCC(=O)Nc3cccc(Cl)c3Cl)cnc12. The zero-order valence-electron chi connectivity index (χ0n) is 13.4. The van der Waals surface area contributed by atoms with Gasteiger partial charge in [0.05, 0.1) is 33.0 Å². The standard InChI is InChI=1S/C18H15Cl2N3O2/c1-11-4-2-5-12-17(11)21-10-23(18(12)25)9-8-15(24)22-14-7-3-6-13(19)16(14)20/h2-7,10H,8-9H2,1H3,(H,22,24). The summed E-state index contributed by atoms with van der Waals surface area (Å²) in [4.78, 5) is 29.0. The molecule has 5 nitrogen and oxygen atoms in total. The van der Waals surface area contributed by atoms with Crippen LogP contribution in [0.15, 0.2) is 47.5 Å². The van der Waals surface area contributed by atoms with Gasteiger partial charge in [0.25, 0.3) is 5.56 Å². The Balaban J connectivity index is 1.74.